The van der Waals surface area contributed by atoms with Gasteiger partial charge >= 0.3 is 6.03 Å². The Labute approximate surface area is 176 Å². The van der Waals surface area contributed by atoms with Gasteiger partial charge in [-0.1, -0.05) is 23.7 Å². The molecule has 0 unspecified atom stereocenters. The van der Waals surface area contributed by atoms with E-state index in [9.17, 15) is 18.4 Å². The first-order valence-electron chi connectivity index (χ1n) is 8.33. The molecular formula is C18H17ClN4O6S. The minimum absolute atomic E-state index is 0.0497. The maximum Gasteiger partial charge on any atom is 0.339 e. The molecule has 12 heteroatoms. The highest BCUT2D eigenvalue weighted by Crippen LogP contribution is 2.38. The molecule has 158 valence electrons. The molecule has 0 aliphatic heterocycles. The Kier molecular flexibility index (Phi) is 5.99. The number of hydrogen-bond acceptors (Lipinski definition) is 7. The molecule has 0 aliphatic rings. The predicted molar refractivity (Wildman–Crippen MR) is 107 cm³/mol. The molecule has 30 heavy (non-hydrogen) atoms. The highest BCUT2D eigenvalue weighted by atomic mass is 35.5. The van der Waals surface area contributed by atoms with Gasteiger partial charge in [-0.2, -0.15) is 5.06 Å². The van der Waals surface area contributed by atoms with Crippen molar-refractivity contribution in [2.45, 2.75) is 11.4 Å². The van der Waals surface area contributed by atoms with E-state index < -0.39 is 22.6 Å². The zero-order valence-corrected chi connectivity index (χ0v) is 17.1. The molecule has 0 saturated heterocycles. The van der Waals surface area contributed by atoms with Crippen molar-refractivity contribution < 1.29 is 27.6 Å². The Morgan fingerprint density at radius 3 is 2.60 bits per heavy atom. The number of nitrogens with two attached hydrogens (primary N) is 2. The number of nitrogens with zero attached hydrogens (tertiary/aromatic N) is 2. The zero-order valence-electron chi connectivity index (χ0n) is 15.6. The first-order valence-corrected chi connectivity index (χ1v) is 10.3. The zero-order chi connectivity index (χ0) is 22.1. The molecule has 10 nitrogen and oxygen atoms in total. The first-order chi connectivity index (χ1) is 14.1. The van der Waals surface area contributed by atoms with Crippen LogP contribution < -0.4 is 15.6 Å². The predicted octanol–water partition coefficient (Wildman–Crippen LogP) is 2.59. The third kappa shape index (κ3) is 4.39. The van der Waals surface area contributed by atoms with Crippen molar-refractivity contribution in [3.05, 3.63) is 53.4 Å². The molecule has 0 aliphatic carbocycles. The highest BCUT2D eigenvalue weighted by Gasteiger charge is 2.24. The van der Waals surface area contributed by atoms with Crippen molar-refractivity contribution in [1.82, 2.24) is 10.0 Å². The summed E-state index contributed by atoms with van der Waals surface area (Å²) in [6.45, 7) is -0.468. The number of halogens is 1. The van der Waals surface area contributed by atoms with E-state index in [2.05, 4.69) is 4.98 Å². The van der Waals surface area contributed by atoms with Crippen molar-refractivity contribution in [2.24, 2.45) is 10.9 Å². The summed E-state index contributed by atoms with van der Waals surface area (Å²) in [7, 11) is -2.63. The van der Waals surface area contributed by atoms with Crippen LogP contribution in [0.3, 0.4) is 0 Å². The third-order valence-electron chi connectivity index (χ3n) is 4.07. The molecule has 0 spiro atoms. The summed E-state index contributed by atoms with van der Waals surface area (Å²) in [4.78, 5) is 15.2. The Morgan fingerprint density at radius 2 is 2.00 bits per heavy atom. The molecule has 3 rings (SSSR count). The second-order valence-electron chi connectivity index (χ2n) is 6.07. The van der Waals surface area contributed by atoms with Gasteiger partial charge in [-0.05, 0) is 30.3 Å². The van der Waals surface area contributed by atoms with Crippen molar-refractivity contribution in [2.75, 3.05) is 7.11 Å². The molecule has 2 amide bonds. The third-order valence-corrected chi connectivity index (χ3v) is 5.34. The molecule has 1 aromatic heterocycles. The van der Waals surface area contributed by atoms with Gasteiger partial charge in [-0.3, -0.25) is 5.21 Å². The van der Waals surface area contributed by atoms with Crippen LogP contribution in [0.5, 0.6) is 5.75 Å². The largest absolute Gasteiger partial charge is 0.495 e. The van der Waals surface area contributed by atoms with E-state index in [1.165, 1.54) is 25.3 Å². The minimum Gasteiger partial charge on any atom is -0.495 e. The molecule has 1 heterocycles. The molecule has 0 atom stereocenters. The Bertz CT molecular complexity index is 1210. The van der Waals surface area contributed by atoms with E-state index in [1.54, 1.807) is 24.3 Å². The first kappa shape index (κ1) is 21.6. The van der Waals surface area contributed by atoms with Gasteiger partial charge in [0.15, 0.2) is 5.76 Å². The average molecular weight is 453 g/mol. The summed E-state index contributed by atoms with van der Waals surface area (Å²) in [5.74, 6) is 0.372. The maximum atomic E-state index is 12.1. The lowest BCUT2D eigenvalue weighted by Crippen LogP contribution is -2.32. The summed E-state index contributed by atoms with van der Waals surface area (Å²) in [5.41, 5.74) is 5.85. The van der Waals surface area contributed by atoms with Gasteiger partial charge in [0.2, 0.25) is 15.9 Å². The summed E-state index contributed by atoms with van der Waals surface area (Å²) in [5, 5.41) is 15.4. The molecule has 0 fully saturated rings. The molecule has 0 radical (unpaired) electrons. The van der Waals surface area contributed by atoms with Gasteiger partial charge in [-0.25, -0.2) is 23.3 Å². The monoisotopic (exact) mass is 452 g/mol. The number of carbonyl (C=O) groups excluding carboxylic acids is 1. The number of urea groups is 1. The molecular weight excluding hydrogens is 436 g/mol. The van der Waals surface area contributed by atoms with Gasteiger partial charge in [0.05, 0.1) is 17.0 Å². The number of benzene rings is 2. The number of primary amides is 1. The minimum atomic E-state index is -4.09. The van der Waals surface area contributed by atoms with E-state index in [0.29, 0.717) is 11.3 Å². The Hall–Kier alpha value is -3.12. The number of methoxy groups -OCH3 is 1. The summed E-state index contributed by atoms with van der Waals surface area (Å²) in [6, 6.07) is 9.59. The number of amides is 2. The second-order valence-corrected chi connectivity index (χ2v) is 8.01. The number of rotatable bonds is 6. The van der Waals surface area contributed by atoms with E-state index in [0.717, 1.165) is 0 Å². The number of hydrogen-bond donors (Lipinski definition) is 3. The fourth-order valence-corrected chi connectivity index (χ4v) is 3.73. The van der Waals surface area contributed by atoms with Crippen LogP contribution in [0.25, 0.3) is 22.6 Å². The number of primary sulfonamides is 1. The lowest BCUT2D eigenvalue weighted by atomic mass is 10.1. The van der Waals surface area contributed by atoms with Gasteiger partial charge in [0.25, 0.3) is 0 Å². The molecule has 3 aromatic rings. The number of hydroxylamine groups is 2. The van der Waals surface area contributed by atoms with Crippen LogP contribution in [-0.4, -0.2) is 36.8 Å². The van der Waals surface area contributed by atoms with E-state index in [4.69, 9.17) is 31.6 Å². The summed E-state index contributed by atoms with van der Waals surface area (Å²) < 4.78 is 34.9. The van der Waals surface area contributed by atoms with Crippen molar-refractivity contribution in [1.29, 1.82) is 0 Å². The molecule has 0 saturated carbocycles. The smallest absolute Gasteiger partial charge is 0.339 e. The van der Waals surface area contributed by atoms with Gasteiger partial charge in [-0.15, -0.1) is 0 Å². The van der Waals surface area contributed by atoms with Gasteiger partial charge in [0, 0.05) is 11.1 Å². The number of ether oxygens (including phenoxy) is 1. The number of oxazole rings is 1. The van der Waals surface area contributed by atoms with Crippen LogP contribution in [0, 0.1) is 0 Å². The van der Waals surface area contributed by atoms with Gasteiger partial charge < -0.3 is 14.9 Å². The quantitative estimate of drug-likeness (QED) is 0.382. The summed E-state index contributed by atoms with van der Waals surface area (Å²) in [6.07, 6.45) is 0. The van der Waals surface area contributed by atoms with Crippen molar-refractivity contribution in [3.8, 4) is 28.3 Å². The van der Waals surface area contributed by atoms with Crippen LogP contribution in [0.15, 0.2) is 51.8 Å². The second kappa shape index (κ2) is 8.32. The lowest BCUT2D eigenvalue weighted by Gasteiger charge is -2.08. The Morgan fingerprint density at radius 1 is 1.30 bits per heavy atom. The molecule has 0 bridgehead atoms. The number of aromatic nitrogens is 1. The number of sulfonamides is 1. The van der Waals surface area contributed by atoms with Crippen molar-refractivity contribution >= 4 is 27.7 Å². The van der Waals surface area contributed by atoms with Crippen LogP contribution >= 0.6 is 11.6 Å². The van der Waals surface area contributed by atoms with Crippen LogP contribution in [-0.2, 0) is 16.6 Å². The number of carbonyl (C=O) groups is 1. The van der Waals surface area contributed by atoms with Crippen LogP contribution in [0.1, 0.15) is 5.89 Å². The topological polar surface area (TPSA) is 162 Å². The fraction of sp³-hybridized carbons (Fsp3) is 0.111. The molecule has 5 N–H and O–H groups in total. The van der Waals surface area contributed by atoms with E-state index in [-0.39, 0.29) is 37.9 Å². The molecule has 2 aromatic carbocycles. The SMILES string of the molecule is COc1ccc(-c2nc(CN(O)C(N)=O)oc2-c2ccccc2S(N)(=O)=O)cc1Cl. The van der Waals surface area contributed by atoms with Crippen molar-refractivity contribution in [3.63, 3.8) is 0 Å². The van der Waals surface area contributed by atoms with Gasteiger partial charge in [0.1, 0.15) is 18.0 Å². The maximum absolute atomic E-state index is 12.1. The average Bonchev–Trinajstić information content (AvgIpc) is 3.10. The van der Waals surface area contributed by atoms with E-state index >= 15 is 0 Å². The highest BCUT2D eigenvalue weighted by molar-refractivity contribution is 7.89. The van der Waals surface area contributed by atoms with E-state index in [1.807, 2.05) is 0 Å². The fourth-order valence-electron chi connectivity index (χ4n) is 2.73. The standard InChI is InChI=1S/C18H17ClN4O6S/c1-28-13-7-6-10(8-12(13)19)16-17(29-15(22-16)9-23(25)18(20)24)11-4-2-3-5-14(11)30(21,26)27/h2-8,25H,9H2,1H3,(H2,20,24)(H2,21,26,27). The van der Waals surface area contributed by atoms with Crippen LogP contribution in [0.4, 0.5) is 4.79 Å². The van der Waals surface area contributed by atoms with Crippen LogP contribution in [0.2, 0.25) is 5.02 Å². The lowest BCUT2D eigenvalue weighted by molar-refractivity contribution is -0.0523. The normalized spacial score (nSPS) is 11.3. The Balaban J connectivity index is 2.23. The summed E-state index contributed by atoms with van der Waals surface area (Å²) >= 11 is 6.21.